The molecule has 3 rings (SSSR count). The van der Waals surface area contributed by atoms with Crippen LogP contribution in [0.15, 0.2) is 48.5 Å². The van der Waals surface area contributed by atoms with E-state index < -0.39 is 24.3 Å². The van der Waals surface area contributed by atoms with Crippen molar-refractivity contribution in [1.82, 2.24) is 0 Å². The third-order valence-corrected chi connectivity index (χ3v) is 3.97. The first-order chi connectivity index (χ1) is 10.6. The lowest BCUT2D eigenvalue weighted by Crippen LogP contribution is -2.52. The molecule has 2 unspecified atom stereocenters. The molecule has 2 N–H and O–H groups in total. The average Bonchev–Trinajstić information content (AvgIpc) is 2.55. The van der Waals surface area contributed by atoms with Gasteiger partial charge in [0.25, 0.3) is 5.91 Å². The number of rotatable bonds is 3. The first-order valence-corrected chi connectivity index (χ1v) is 6.92. The van der Waals surface area contributed by atoms with Crippen LogP contribution in [0, 0.1) is 0 Å². The quantitative estimate of drug-likeness (QED) is 0.915. The van der Waals surface area contributed by atoms with Crippen LogP contribution in [0.25, 0.3) is 0 Å². The molecule has 0 spiro atoms. The molecule has 22 heavy (non-hydrogen) atoms. The van der Waals surface area contributed by atoms with E-state index in [2.05, 4.69) is 5.32 Å². The Balaban J connectivity index is 2.24. The van der Waals surface area contributed by atoms with Crippen molar-refractivity contribution in [2.24, 2.45) is 0 Å². The maximum Gasteiger partial charge on any atom is 0.257 e. The number of methoxy groups -OCH3 is 1. The second-order valence-electron chi connectivity index (χ2n) is 5.25. The van der Waals surface area contributed by atoms with Crippen LogP contribution in [-0.4, -0.2) is 24.2 Å². The Hall–Kier alpha value is -2.24. The topological polar surface area (TPSA) is 58.6 Å². The van der Waals surface area contributed by atoms with Crippen molar-refractivity contribution in [2.75, 3.05) is 12.4 Å². The van der Waals surface area contributed by atoms with Gasteiger partial charge in [-0.1, -0.05) is 42.5 Å². The lowest BCUT2D eigenvalue weighted by molar-refractivity contribution is -0.142. The number of carbonyl (C=O) groups excluding carboxylic acids is 1. The Morgan fingerprint density at radius 1 is 1.27 bits per heavy atom. The van der Waals surface area contributed by atoms with Crippen molar-refractivity contribution in [3.05, 3.63) is 65.2 Å². The van der Waals surface area contributed by atoms with Gasteiger partial charge in [-0.3, -0.25) is 4.79 Å². The molecule has 5 heteroatoms. The van der Waals surface area contributed by atoms with Gasteiger partial charge in [0.15, 0.2) is 11.7 Å². The molecule has 2 aromatic carbocycles. The van der Waals surface area contributed by atoms with Crippen LogP contribution >= 0.6 is 0 Å². The van der Waals surface area contributed by atoms with Gasteiger partial charge in [0.05, 0.1) is 0 Å². The second-order valence-corrected chi connectivity index (χ2v) is 5.25. The Kier molecular flexibility index (Phi) is 3.68. The number of aliphatic hydroxyl groups is 1. The Labute approximate surface area is 127 Å². The van der Waals surface area contributed by atoms with Crippen LogP contribution in [0.5, 0.6) is 0 Å². The zero-order valence-electron chi connectivity index (χ0n) is 12.0. The number of ether oxygens (including phenoxy) is 1. The molecule has 1 aliphatic heterocycles. The fourth-order valence-electron chi connectivity index (χ4n) is 2.92. The molecule has 0 aromatic heterocycles. The number of hydrogen-bond donors (Lipinski definition) is 2. The number of fused-ring (bicyclic) bond motifs is 1. The van der Waals surface area contributed by atoms with E-state index in [-0.39, 0.29) is 0 Å². The van der Waals surface area contributed by atoms with Gasteiger partial charge in [0.1, 0.15) is 6.67 Å². The molecule has 2 aromatic rings. The number of carbonyl (C=O) groups is 1. The monoisotopic (exact) mass is 301 g/mol. The van der Waals surface area contributed by atoms with Crippen molar-refractivity contribution in [3.8, 4) is 0 Å². The molecule has 114 valence electrons. The lowest BCUT2D eigenvalue weighted by Gasteiger charge is -2.40. The molecule has 0 bridgehead atoms. The summed E-state index contributed by atoms with van der Waals surface area (Å²) in [6.07, 6.45) is -1.08. The van der Waals surface area contributed by atoms with Crippen molar-refractivity contribution in [3.63, 3.8) is 0 Å². The zero-order valence-corrected chi connectivity index (χ0v) is 12.0. The number of alkyl halides is 1. The third kappa shape index (κ3) is 2.10. The minimum Gasteiger partial charge on any atom is -0.377 e. The zero-order chi connectivity index (χ0) is 15.7. The summed E-state index contributed by atoms with van der Waals surface area (Å²) in [5, 5.41) is 14.0. The van der Waals surface area contributed by atoms with E-state index in [9.17, 15) is 14.3 Å². The summed E-state index contributed by atoms with van der Waals surface area (Å²) in [6, 6.07) is 13.6. The van der Waals surface area contributed by atoms with E-state index in [1.54, 1.807) is 36.4 Å². The van der Waals surface area contributed by atoms with E-state index in [0.717, 1.165) is 0 Å². The van der Waals surface area contributed by atoms with E-state index in [1.807, 2.05) is 6.07 Å². The summed E-state index contributed by atoms with van der Waals surface area (Å²) in [7, 11) is 1.37. The molecule has 4 nitrogen and oxygen atoms in total. The largest absolute Gasteiger partial charge is 0.377 e. The fraction of sp³-hybridized carbons (Fsp3) is 0.235. The van der Waals surface area contributed by atoms with Crippen molar-refractivity contribution in [2.45, 2.75) is 18.4 Å². The van der Waals surface area contributed by atoms with Crippen LogP contribution in [-0.2, 0) is 21.8 Å². The first-order valence-electron chi connectivity index (χ1n) is 6.92. The van der Waals surface area contributed by atoms with Crippen LogP contribution < -0.4 is 5.32 Å². The van der Waals surface area contributed by atoms with E-state index in [4.69, 9.17) is 4.74 Å². The maximum atomic E-state index is 12.9. The number of anilines is 1. The van der Waals surface area contributed by atoms with Gasteiger partial charge in [-0.2, -0.15) is 0 Å². The summed E-state index contributed by atoms with van der Waals surface area (Å²) < 4.78 is 18.1. The molecular weight excluding hydrogens is 285 g/mol. The number of amides is 1. The number of nitrogens with one attached hydrogen (secondary N) is 1. The molecule has 0 aliphatic carbocycles. The minimum atomic E-state index is -1.62. The normalized spacial score (nSPS) is 23.8. The molecule has 0 saturated heterocycles. The Morgan fingerprint density at radius 2 is 2.00 bits per heavy atom. The van der Waals surface area contributed by atoms with Gasteiger partial charge in [0, 0.05) is 18.4 Å². The summed E-state index contributed by atoms with van der Waals surface area (Å²) in [6.45, 7) is -0.638. The minimum absolute atomic E-state index is 0.403. The van der Waals surface area contributed by atoms with Crippen LogP contribution in [0.3, 0.4) is 0 Å². The van der Waals surface area contributed by atoms with E-state index in [1.165, 1.54) is 13.2 Å². The van der Waals surface area contributed by atoms with Crippen molar-refractivity contribution >= 4 is 11.6 Å². The summed E-state index contributed by atoms with van der Waals surface area (Å²) in [4.78, 5) is 12.3. The number of halogens is 1. The maximum absolute atomic E-state index is 12.9. The molecule has 0 saturated carbocycles. The molecule has 1 heterocycles. The van der Waals surface area contributed by atoms with Gasteiger partial charge in [-0.05, 0) is 17.2 Å². The second kappa shape index (κ2) is 5.51. The third-order valence-electron chi connectivity index (χ3n) is 3.97. The Bertz CT molecular complexity index is 704. The van der Waals surface area contributed by atoms with Gasteiger partial charge in [-0.25, -0.2) is 4.39 Å². The van der Waals surface area contributed by atoms with Gasteiger partial charge < -0.3 is 15.2 Å². The highest BCUT2D eigenvalue weighted by Crippen LogP contribution is 2.42. The molecule has 1 amide bonds. The average molecular weight is 301 g/mol. The van der Waals surface area contributed by atoms with Crippen molar-refractivity contribution < 1.29 is 19.0 Å². The van der Waals surface area contributed by atoms with Crippen LogP contribution in [0.4, 0.5) is 10.1 Å². The molecular formula is C17H16FNO3. The van der Waals surface area contributed by atoms with Crippen molar-refractivity contribution in [1.29, 1.82) is 0 Å². The highest BCUT2D eigenvalue weighted by atomic mass is 19.1. The summed E-state index contributed by atoms with van der Waals surface area (Å²) in [5.74, 6) is -0.461. The van der Waals surface area contributed by atoms with Gasteiger partial charge >= 0.3 is 0 Å². The fourth-order valence-corrected chi connectivity index (χ4v) is 2.92. The first kappa shape index (κ1) is 14.7. The van der Waals surface area contributed by atoms with E-state index >= 15 is 0 Å². The summed E-state index contributed by atoms with van der Waals surface area (Å²) >= 11 is 0. The standard InChI is InChI=1S/C17H16FNO3/c1-22-15-16(20)19-14-9-11(10-18)7-8-13(14)17(15,21)12-5-3-2-4-6-12/h2-9,15,21H,10H2,1H3,(H,19,20). The highest BCUT2D eigenvalue weighted by Gasteiger charge is 2.49. The van der Waals surface area contributed by atoms with Gasteiger partial charge in [-0.15, -0.1) is 0 Å². The summed E-state index contributed by atoms with van der Waals surface area (Å²) in [5.41, 5.74) is 0.251. The highest BCUT2D eigenvalue weighted by molar-refractivity contribution is 5.99. The van der Waals surface area contributed by atoms with E-state index in [0.29, 0.717) is 22.4 Å². The number of hydrogen-bond acceptors (Lipinski definition) is 3. The van der Waals surface area contributed by atoms with Crippen LogP contribution in [0.2, 0.25) is 0 Å². The molecule has 0 fully saturated rings. The predicted octanol–water partition coefficient (Wildman–Crippen LogP) is 2.36. The molecule has 0 radical (unpaired) electrons. The predicted molar refractivity (Wildman–Crippen MR) is 80.1 cm³/mol. The lowest BCUT2D eigenvalue weighted by atomic mass is 9.77. The smallest absolute Gasteiger partial charge is 0.257 e. The Morgan fingerprint density at radius 3 is 2.64 bits per heavy atom. The number of benzene rings is 2. The molecule has 2 atom stereocenters. The van der Waals surface area contributed by atoms with Crippen LogP contribution in [0.1, 0.15) is 16.7 Å². The SMILES string of the molecule is COC1C(=O)Nc2cc(CF)ccc2C1(O)c1ccccc1. The molecule has 1 aliphatic rings. The van der Waals surface area contributed by atoms with Gasteiger partial charge in [0.2, 0.25) is 0 Å².